The molecule has 2 rings (SSSR count). The van der Waals surface area contributed by atoms with E-state index in [-0.39, 0.29) is 0 Å². The molecule has 0 saturated carbocycles. The summed E-state index contributed by atoms with van der Waals surface area (Å²) in [5.41, 5.74) is 1.18. The highest BCUT2D eigenvalue weighted by molar-refractivity contribution is 7.99. The Labute approximate surface area is 122 Å². The molecule has 0 amide bonds. The van der Waals surface area contributed by atoms with E-state index in [4.69, 9.17) is 11.6 Å². The average Bonchev–Trinajstić information content (AvgIpc) is 2.78. The van der Waals surface area contributed by atoms with Gasteiger partial charge < -0.3 is 5.32 Å². The minimum absolute atomic E-state index is 0.298. The molecular weight excluding hydrogens is 280 g/mol. The van der Waals surface area contributed by atoms with Gasteiger partial charge in [-0.1, -0.05) is 24.6 Å². The average molecular weight is 297 g/mol. The molecule has 0 radical (unpaired) electrons. The second-order valence-electron chi connectivity index (χ2n) is 4.27. The van der Waals surface area contributed by atoms with Crippen molar-refractivity contribution in [3.63, 3.8) is 0 Å². The monoisotopic (exact) mass is 296 g/mol. The van der Waals surface area contributed by atoms with Crippen LogP contribution in [-0.4, -0.2) is 21.7 Å². The van der Waals surface area contributed by atoms with Gasteiger partial charge in [-0.2, -0.15) is 0 Å². The van der Waals surface area contributed by atoms with Crippen molar-refractivity contribution < 1.29 is 0 Å². The first-order chi connectivity index (χ1) is 9.10. The molecule has 19 heavy (non-hydrogen) atoms. The van der Waals surface area contributed by atoms with Crippen LogP contribution in [0, 0.1) is 6.92 Å². The maximum Gasteiger partial charge on any atom is 0.213 e. The minimum Gasteiger partial charge on any atom is -0.310 e. The van der Waals surface area contributed by atoms with Crippen LogP contribution in [-0.2, 0) is 0 Å². The molecule has 1 aromatic carbocycles. The van der Waals surface area contributed by atoms with Crippen LogP contribution in [0.3, 0.4) is 0 Å². The second-order valence-corrected chi connectivity index (χ2v) is 5.69. The number of aromatic amines is 1. The summed E-state index contributed by atoms with van der Waals surface area (Å²) in [6.45, 7) is 7.03. The summed E-state index contributed by atoms with van der Waals surface area (Å²) in [5, 5.41) is 11.7. The number of nitrogens with one attached hydrogen (secondary N) is 2. The molecule has 0 bridgehead atoms. The highest BCUT2D eigenvalue weighted by Gasteiger charge is 2.10. The molecule has 1 unspecified atom stereocenters. The third-order valence-corrected chi connectivity index (χ3v) is 4.11. The topological polar surface area (TPSA) is 53.6 Å². The van der Waals surface area contributed by atoms with Crippen molar-refractivity contribution in [3.8, 4) is 0 Å². The standard InChI is InChI=1S/C13H17ClN4S/c1-4-15-8(2)10-5-6-12(11(14)7-10)19-13-16-9(3)17-18-13/h5-8,15H,4H2,1-3H3,(H,16,17,18). The number of aryl methyl sites for hydroxylation is 1. The van der Waals surface area contributed by atoms with Crippen LogP contribution in [0.5, 0.6) is 0 Å². The molecule has 0 fully saturated rings. The van der Waals surface area contributed by atoms with Gasteiger partial charge in [-0.3, -0.25) is 5.10 Å². The van der Waals surface area contributed by atoms with Crippen LogP contribution in [0.15, 0.2) is 28.3 Å². The maximum absolute atomic E-state index is 6.32. The van der Waals surface area contributed by atoms with E-state index in [1.54, 1.807) is 0 Å². The van der Waals surface area contributed by atoms with Crippen LogP contribution in [0.2, 0.25) is 5.02 Å². The summed E-state index contributed by atoms with van der Waals surface area (Å²) in [6, 6.07) is 6.40. The largest absolute Gasteiger partial charge is 0.310 e. The first-order valence-corrected chi connectivity index (χ1v) is 7.39. The van der Waals surface area contributed by atoms with Gasteiger partial charge in [0.15, 0.2) is 0 Å². The Morgan fingerprint density at radius 3 is 2.84 bits per heavy atom. The molecule has 1 heterocycles. The van der Waals surface area contributed by atoms with E-state index >= 15 is 0 Å². The van der Waals surface area contributed by atoms with Gasteiger partial charge in [-0.25, -0.2) is 4.98 Å². The quantitative estimate of drug-likeness (QED) is 0.885. The van der Waals surface area contributed by atoms with Gasteiger partial charge >= 0.3 is 0 Å². The fourth-order valence-electron chi connectivity index (χ4n) is 1.76. The molecule has 1 aromatic heterocycles. The molecule has 0 spiro atoms. The molecular formula is C13H17ClN4S. The molecule has 2 aromatic rings. The fourth-order valence-corrected chi connectivity index (χ4v) is 2.83. The summed E-state index contributed by atoms with van der Waals surface area (Å²) in [7, 11) is 0. The summed E-state index contributed by atoms with van der Waals surface area (Å²) in [5.74, 6) is 0.802. The molecule has 102 valence electrons. The molecule has 0 saturated heterocycles. The van der Waals surface area contributed by atoms with Crippen molar-refractivity contribution in [2.24, 2.45) is 0 Å². The van der Waals surface area contributed by atoms with Crippen LogP contribution in [0.4, 0.5) is 0 Å². The Hall–Kier alpha value is -1.04. The van der Waals surface area contributed by atoms with Crippen LogP contribution >= 0.6 is 23.4 Å². The number of aromatic nitrogens is 3. The number of hydrogen-bond donors (Lipinski definition) is 2. The third-order valence-electron chi connectivity index (χ3n) is 2.74. The summed E-state index contributed by atoms with van der Waals surface area (Å²) in [6.07, 6.45) is 0. The number of benzene rings is 1. The lowest BCUT2D eigenvalue weighted by atomic mass is 10.1. The van der Waals surface area contributed by atoms with E-state index in [0.717, 1.165) is 22.3 Å². The van der Waals surface area contributed by atoms with Crippen molar-refractivity contribution in [3.05, 3.63) is 34.6 Å². The summed E-state index contributed by atoms with van der Waals surface area (Å²) >= 11 is 7.78. The Balaban J connectivity index is 2.15. The van der Waals surface area contributed by atoms with Gasteiger partial charge in [0.2, 0.25) is 5.16 Å². The molecule has 0 aliphatic heterocycles. The molecule has 0 aliphatic rings. The lowest BCUT2D eigenvalue weighted by Gasteiger charge is -2.13. The van der Waals surface area contributed by atoms with Crippen LogP contribution in [0.1, 0.15) is 31.3 Å². The van der Waals surface area contributed by atoms with Gasteiger partial charge in [0.25, 0.3) is 0 Å². The SMILES string of the molecule is CCNC(C)c1ccc(Sc2n[nH]c(C)n2)c(Cl)c1. The normalized spacial score (nSPS) is 12.6. The minimum atomic E-state index is 0.298. The summed E-state index contributed by atoms with van der Waals surface area (Å²) in [4.78, 5) is 5.23. The first-order valence-electron chi connectivity index (χ1n) is 6.20. The highest BCUT2D eigenvalue weighted by atomic mass is 35.5. The van der Waals surface area contributed by atoms with E-state index in [2.05, 4.69) is 40.4 Å². The Morgan fingerprint density at radius 2 is 2.26 bits per heavy atom. The smallest absolute Gasteiger partial charge is 0.213 e. The van der Waals surface area contributed by atoms with Gasteiger partial charge in [0, 0.05) is 10.9 Å². The van der Waals surface area contributed by atoms with Crippen molar-refractivity contribution in [2.45, 2.75) is 36.9 Å². The van der Waals surface area contributed by atoms with Gasteiger partial charge in [0.05, 0.1) is 5.02 Å². The Kier molecular flexibility index (Phi) is 4.85. The molecule has 1 atom stereocenters. The zero-order valence-electron chi connectivity index (χ0n) is 11.2. The van der Waals surface area contributed by atoms with Crippen LogP contribution < -0.4 is 5.32 Å². The number of H-pyrrole nitrogens is 1. The zero-order valence-corrected chi connectivity index (χ0v) is 12.8. The van der Waals surface area contributed by atoms with E-state index in [0.29, 0.717) is 11.2 Å². The number of halogens is 1. The lowest BCUT2D eigenvalue weighted by Crippen LogP contribution is -2.17. The highest BCUT2D eigenvalue weighted by Crippen LogP contribution is 2.33. The molecule has 6 heteroatoms. The van der Waals surface area contributed by atoms with Gasteiger partial charge in [-0.15, -0.1) is 5.10 Å². The zero-order chi connectivity index (χ0) is 13.8. The van der Waals surface area contributed by atoms with Crippen molar-refractivity contribution in [1.82, 2.24) is 20.5 Å². The van der Waals surface area contributed by atoms with Crippen molar-refractivity contribution >= 4 is 23.4 Å². The van der Waals surface area contributed by atoms with Gasteiger partial charge in [0.1, 0.15) is 5.82 Å². The van der Waals surface area contributed by atoms with Gasteiger partial charge in [-0.05, 0) is 49.9 Å². The first kappa shape index (κ1) is 14.4. The van der Waals surface area contributed by atoms with E-state index in [1.165, 1.54) is 17.3 Å². The molecule has 0 aliphatic carbocycles. The Bertz CT molecular complexity index is 555. The second kappa shape index (κ2) is 6.41. The molecule has 4 nitrogen and oxygen atoms in total. The van der Waals surface area contributed by atoms with Crippen molar-refractivity contribution in [1.29, 1.82) is 0 Å². The summed E-state index contributed by atoms with van der Waals surface area (Å²) < 4.78 is 0. The third kappa shape index (κ3) is 3.72. The maximum atomic E-state index is 6.32. The predicted molar refractivity (Wildman–Crippen MR) is 78.8 cm³/mol. The number of rotatable bonds is 5. The Morgan fingerprint density at radius 1 is 1.47 bits per heavy atom. The number of hydrogen-bond acceptors (Lipinski definition) is 4. The fraction of sp³-hybridized carbons (Fsp3) is 0.385. The van der Waals surface area contributed by atoms with Crippen molar-refractivity contribution in [2.75, 3.05) is 6.54 Å². The predicted octanol–water partition coefficient (Wildman–Crippen LogP) is 3.59. The van der Waals surface area contributed by atoms with E-state index < -0.39 is 0 Å². The van der Waals surface area contributed by atoms with Crippen LogP contribution in [0.25, 0.3) is 0 Å². The van der Waals surface area contributed by atoms with E-state index in [9.17, 15) is 0 Å². The lowest BCUT2D eigenvalue weighted by molar-refractivity contribution is 0.598. The van der Waals surface area contributed by atoms with E-state index in [1.807, 2.05) is 19.1 Å². The molecule has 2 N–H and O–H groups in total. The number of nitrogens with zero attached hydrogens (tertiary/aromatic N) is 2.